The highest BCUT2D eigenvalue weighted by atomic mass is 16.4. The molecule has 0 radical (unpaired) electrons. The minimum Gasteiger partial charge on any atom is -0.480 e. The average Bonchev–Trinajstić information content (AvgIpc) is 3.07. The summed E-state index contributed by atoms with van der Waals surface area (Å²) in [6, 6.07) is -0.873. The van der Waals surface area contributed by atoms with Crippen LogP contribution in [0, 0.1) is 17.8 Å². The van der Waals surface area contributed by atoms with Gasteiger partial charge in [-0.05, 0) is 38.0 Å². The van der Waals surface area contributed by atoms with Gasteiger partial charge in [0.25, 0.3) is 0 Å². The van der Waals surface area contributed by atoms with Crippen LogP contribution < -0.4 is 5.32 Å². The number of aliphatic carboxylic acids is 1. The van der Waals surface area contributed by atoms with Crippen LogP contribution in [-0.2, 0) is 14.4 Å². The van der Waals surface area contributed by atoms with Gasteiger partial charge >= 0.3 is 5.97 Å². The normalized spacial score (nSPS) is 25.5. The van der Waals surface area contributed by atoms with Crippen molar-refractivity contribution >= 4 is 17.8 Å². The lowest BCUT2D eigenvalue weighted by Gasteiger charge is -2.33. The van der Waals surface area contributed by atoms with E-state index in [4.69, 9.17) is 0 Å². The van der Waals surface area contributed by atoms with Gasteiger partial charge in [-0.3, -0.25) is 9.59 Å². The van der Waals surface area contributed by atoms with Crippen molar-refractivity contribution in [2.45, 2.75) is 64.8 Å². The minimum atomic E-state index is -1.00. The molecule has 1 aliphatic heterocycles. The van der Waals surface area contributed by atoms with Crippen LogP contribution in [0.1, 0.15) is 58.8 Å². The van der Waals surface area contributed by atoms with Crippen molar-refractivity contribution in [2.75, 3.05) is 13.1 Å². The van der Waals surface area contributed by atoms with E-state index in [2.05, 4.69) is 5.32 Å². The van der Waals surface area contributed by atoms with Crippen molar-refractivity contribution in [3.63, 3.8) is 0 Å². The molecule has 1 saturated carbocycles. The van der Waals surface area contributed by atoms with Crippen molar-refractivity contribution in [3.8, 4) is 0 Å². The molecule has 2 amide bonds. The van der Waals surface area contributed by atoms with Crippen molar-refractivity contribution in [3.05, 3.63) is 0 Å². The van der Waals surface area contributed by atoms with Gasteiger partial charge in [0.05, 0.1) is 0 Å². The van der Waals surface area contributed by atoms with Gasteiger partial charge in [0.1, 0.15) is 6.04 Å². The molecule has 0 aromatic carbocycles. The fourth-order valence-electron chi connectivity index (χ4n) is 3.88. The Balaban J connectivity index is 2.03. The second-order valence-electron chi connectivity index (χ2n) is 7.56. The SMILES string of the molecule is CC(C)C[C@@H](NC(=O)C1CCCCC1C(=O)N1CCCC1)C(=O)O. The van der Waals surface area contributed by atoms with Crippen LogP contribution in [0.5, 0.6) is 0 Å². The first kappa shape index (κ1) is 18.7. The molecule has 2 unspecified atom stereocenters. The van der Waals surface area contributed by atoms with Gasteiger partial charge in [-0.2, -0.15) is 0 Å². The summed E-state index contributed by atoms with van der Waals surface area (Å²) in [5, 5.41) is 12.0. The third-order valence-electron chi connectivity index (χ3n) is 5.16. The van der Waals surface area contributed by atoms with Crippen LogP contribution in [0.4, 0.5) is 0 Å². The largest absolute Gasteiger partial charge is 0.480 e. The number of carboxylic acid groups (broad SMARTS) is 1. The second kappa shape index (κ2) is 8.49. The van der Waals surface area contributed by atoms with E-state index in [0.29, 0.717) is 12.8 Å². The summed E-state index contributed by atoms with van der Waals surface area (Å²) in [4.78, 5) is 38.7. The summed E-state index contributed by atoms with van der Waals surface area (Å²) in [7, 11) is 0. The van der Waals surface area contributed by atoms with Crippen LogP contribution in [-0.4, -0.2) is 46.9 Å². The van der Waals surface area contributed by atoms with Gasteiger partial charge in [-0.1, -0.05) is 26.7 Å². The Labute approximate surface area is 144 Å². The van der Waals surface area contributed by atoms with E-state index >= 15 is 0 Å². The fourth-order valence-corrected chi connectivity index (χ4v) is 3.88. The lowest BCUT2D eigenvalue weighted by molar-refractivity contribution is -0.146. The van der Waals surface area contributed by atoms with Crippen LogP contribution in [0.2, 0.25) is 0 Å². The number of nitrogens with one attached hydrogen (secondary N) is 1. The zero-order valence-electron chi connectivity index (χ0n) is 14.8. The topological polar surface area (TPSA) is 86.7 Å². The molecule has 2 fully saturated rings. The Morgan fingerprint density at radius 2 is 1.62 bits per heavy atom. The molecule has 0 aromatic heterocycles. The quantitative estimate of drug-likeness (QED) is 0.776. The summed E-state index contributed by atoms with van der Waals surface area (Å²) < 4.78 is 0. The number of hydrogen-bond acceptors (Lipinski definition) is 3. The Morgan fingerprint density at radius 3 is 2.17 bits per heavy atom. The molecule has 1 heterocycles. The summed E-state index contributed by atoms with van der Waals surface area (Å²) in [6.07, 6.45) is 5.75. The maximum atomic E-state index is 12.7. The lowest BCUT2D eigenvalue weighted by Crippen LogP contribution is -2.49. The molecule has 0 aromatic rings. The van der Waals surface area contributed by atoms with Gasteiger partial charge in [-0.15, -0.1) is 0 Å². The molecular weight excluding hydrogens is 308 g/mol. The third-order valence-corrected chi connectivity index (χ3v) is 5.16. The van der Waals surface area contributed by atoms with E-state index in [9.17, 15) is 19.5 Å². The molecule has 2 aliphatic rings. The van der Waals surface area contributed by atoms with Gasteiger partial charge in [0, 0.05) is 24.9 Å². The number of carbonyl (C=O) groups is 3. The first-order valence-electron chi connectivity index (χ1n) is 9.22. The molecule has 0 spiro atoms. The number of hydrogen-bond donors (Lipinski definition) is 2. The minimum absolute atomic E-state index is 0.0862. The number of likely N-dealkylation sites (tertiary alicyclic amines) is 1. The van der Waals surface area contributed by atoms with Crippen molar-refractivity contribution in [1.82, 2.24) is 10.2 Å². The number of nitrogens with zero attached hydrogens (tertiary/aromatic N) is 1. The van der Waals surface area contributed by atoms with Gasteiger partial charge in [0.2, 0.25) is 11.8 Å². The van der Waals surface area contributed by atoms with Gasteiger partial charge < -0.3 is 15.3 Å². The molecular formula is C18H30N2O4. The van der Waals surface area contributed by atoms with E-state index < -0.39 is 12.0 Å². The van der Waals surface area contributed by atoms with E-state index in [1.807, 2.05) is 18.7 Å². The summed E-state index contributed by atoms with van der Waals surface area (Å²) in [5.41, 5.74) is 0. The Hall–Kier alpha value is -1.59. The first-order chi connectivity index (χ1) is 11.4. The van der Waals surface area contributed by atoms with Gasteiger partial charge in [-0.25, -0.2) is 4.79 Å². The first-order valence-corrected chi connectivity index (χ1v) is 9.22. The maximum Gasteiger partial charge on any atom is 0.326 e. The van der Waals surface area contributed by atoms with Crippen LogP contribution in [0.25, 0.3) is 0 Å². The molecule has 3 atom stereocenters. The van der Waals surface area contributed by atoms with Gasteiger partial charge in [0.15, 0.2) is 0 Å². The van der Waals surface area contributed by atoms with Crippen LogP contribution in [0.15, 0.2) is 0 Å². The van der Waals surface area contributed by atoms with E-state index in [0.717, 1.165) is 45.2 Å². The van der Waals surface area contributed by atoms with Crippen LogP contribution >= 0.6 is 0 Å². The number of amides is 2. The molecule has 6 nitrogen and oxygen atoms in total. The molecule has 0 bridgehead atoms. The standard InChI is InChI=1S/C18H30N2O4/c1-12(2)11-15(18(23)24)19-16(21)13-7-3-4-8-14(13)17(22)20-9-5-6-10-20/h12-15H,3-11H2,1-2H3,(H,19,21)(H,23,24)/t13?,14?,15-/m1/s1. The zero-order chi connectivity index (χ0) is 17.7. The van der Waals surface area contributed by atoms with Crippen molar-refractivity contribution < 1.29 is 19.5 Å². The molecule has 1 saturated heterocycles. The average molecular weight is 338 g/mol. The molecule has 136 valence electrons. The predicted octanol–water partition coefficient (Wildman–Crippen LogP) is 2.03. The summed E-state index contributed by atoms with van der Waals surface area (Å²) in [5.74, 6) is -1.68. The highest BCUT2D eigenvalue weighted by Crippen LogP contribution is 2.32. The van der Waals surface area contributed by atoms with E-state index in [1.165, 1.54) is 0 Å². The smallest absolute Gasteiger partial charge is 0.326 e. The number of rotatable bonds is 6. The van der Waals surface area contributed by atoms with E-state index in [-0.39, 0.29) is 29.6 Å². The number of carboxylic acids is 1. The van der Waals surface area contributed by atoms with Crippen molar-refractivity contribution in [1.29, 1.82) is 0 Å². The van der Waals surface area contributed by atoms with Crippen LogP contribution in [0.3, 0.4) is 0 Å². The zero-order valence-corrected chi connectivity index (χ0v) is 14.8. The Bertz CT molecular complexity index is 472. The Morgan fingerprint density at radius 1 is 1.04 bits per heavy atom. The molecule has 1 aliphatic carbocycles. The van der Waals surface area contributed by atoms with E-state index in [1.54, 1.807) is 0 Å². The summed E-state index contributed by atoms with van der Waals surface area (Å²) in [6.45, 7) is 5.44. The monoisotopic (exact) mass is 338 g/mol. The third kappa shape index (κ3) is 4.71. The lowest BCUT2D eigenvalue weighted by atomic mass is 9.77. The molecule has 6 heteroatoms. The Kier molecular flexibility index (Phi) is 6.63. The highest BCUT2D eigenvalue weighted by Gasteiger charge is 2.39. The fraction of sp³-hybridized carbons (Fsp3) is 0.833. The second-order valence-corrected chi connectivity index (χ2v) is 7.56. The van der Waals surface area contributed by atoms with Crippen molar-refractivity contribution in [2.24, 2.45) is 17.8 Å². The molecule has 24 heavy (non-hydrogen) atoms. The summed E-state index contributed by atoms with van der Waals surface area (Å²) >= 11 is 0. The molecule has 2 N–H and O–H groups in total. The maximum absolute atomic E-state index is 12.7. The molecule has 2 rings (SSSR count). The predicted molar refractivity (Wildman–Crippen MR) is 90.3 cm³/mol. The number of carbonyl (C=O) groups excluding carboxylic acids is 2. The highest BCUT2D eigenvalue weighted by molar-refractivity contribution is 5.90.